The molecule has 0 aromatic heterocycles. The second-order valence-electron chi connectivity index (χ2n) is 2.08. The molecule has 1 aromatic rings. The summed E-state index contributed by atoms with van der Waals surface area (Å²) in [5.41, 5.74) is 0.519. The van der Waals surface area contributed by atoms with E-state index in [2.05, 4.69) is 6.58 Å². The van der Waals surface area contributed by atoms with E-state index in [0.717, 1.165) is 4.90 Å². The molecule has 0 fully saturated rings. The van der Waals surface area contributed by atoms with Gasteiger partial charge in [-0.3, -0.25) is 4.79 Å². The van der Waals surface area contributed by atoms with Crippen LogP contribution < -0.4 is 0 Å². The van der Waals surface area contributed by atoms with Crippen LogP contribution in [0.2, 0.25) is 0 Å². The smallest absolute Gasteiger partial charge is 0.252 e. The molecule has 0 radical (unpaired) electrons. The molecule has 0 heterocycles. The maximum Gasteiger partial charge on any atom is 0.252 e. The summed E-state index contributed by atoms with van der Waals surface area (Å²) in [5.74, 6) is 0. The van der Waals surface area contributed by atoms with Gasteiger partial charge in [-0.05, 0) is 41.3 Å². The van der Waals surface area contributed by atoms with Crippen LogP contribution in [-0.4, -0.2) is 5.24 Å². The summed E-state index contributed by atoms with van der Waals surface area (Å²) < 4.78 is 0. The first kappa shape index (κ1) is 9.36. The third-order valence-electron chi connectivity index (χ3n) is 1.30. The standard InChI is InChI=1S/C9H7ClOS/c1-2-12-8-5-3-7(4-6-8)9(10)11/h2-6H,1H2. The summed E-state index contributed by atoms with van der Waals surface area (Å²) in [7, 11) is 0. The molecular weight excluding hydrogens is 192 g/mol. The van der Waals surface area contributed by atoms with Gasteiger partial charge in [0.1, 0.15) is 0 Å². The van der Waals surface area contributed by atoms with Crippen LogP contribution in [0.4, 0.5) is 0 Å². The van der Waals surface area contributed by atoms with Crippen LogP contribution in [-0.2, 0) is 0 Å². The van der Waals surface area contributed by atoms with E-state index in [1.54, 1.807) is 17.5 Å². The normalized spacial score (nSPS) is 9.42. The van der Waals surface area contributed by atoms with Crippen LogP contribution in [0.25, 0.3) is 0 Å². The SMILES string of the molecule is C=CSc1ccc(C(=O)Cl)cc1. The van der Waals surface area contributed by atoms with Gasteiger partial charge in [-0.25, -0.2) is 0 Å². The van der Waals surface area contributed by atoms with E-state index >= 15 is 0 Å². The highest BCUT2D eigenvalue weighted by Crippen LogP contribution is 2.19. The molecule has 0 N–H and O–H groups in total. The average Bonchev–Trinajstić information content (AvgIpc) is 2.06. The number of carbonyl (C=O) groups excluding carboxylic acids is 1. The molecule has 0 saturated carbocycles. The van der Waals surface area contributed by atoms with Gasteiger partial charge >= 0.3 is 0 Å². The fraction of sp³-hybridized carbons (Fsp3) is 0. The van der Waals surface area contributed by atoms with Gasteiger partial charge in [0.25, 0.3) is 5.24 Å². The third-order valence-corrected chi connectivity index (χ3v) is 2.23. The molecule has 1 aromatic carbocycles. The number of thioether (sulfide) groups is 1. The lowest BCUT2D eigenvalue weighted by Crippen LogP contribution is -1.86. The van der Waals surface area contributed by atoms with Crippen molar-refractivity contribution in [3.8, 4) is 0 Å². The minimum absolute atomic E-state index is 0.426. The lowest BCUT2D eigenvalue weighted by molar-refractivity contribution is 0.108. The zero-order valence-electron chi connectivity index (χ0n) is 6.29. The Morgan fingerprint density at radius 1 is 1.42 bits per heavy atom. The monoisotopic (exact) mass is 198 g/mol. The van der Waals surface area contributed by atoms with Crippen molar-refractivity contribution in [3.05, 3.63) is 41.8 Å². The Labute approximate surface area is 80.4 Å². The van der Waals surface area contributed by atoms with Gasteiger partial charge in [-0.1, -0.05) is 18.3 Å². The van der Waals surface area contributed by atoms with Gasteiger partial charge in [0.15, 0.2) is 0 Å². The van der Waals surface area contributed by atoms with E-state index in [1.165, 1.54) is 11.8 Å². The van der Waals surface area contributed by atoms with Crippen LogP contribution in [0.1, 0.15) is 10.4 Å². The van der Waals surface area contributed by atoms with Crippen molar-refractivity contribution in [2.75, 3.05) is 0 Å². The van der Waals surface area contributed by atoms with E-state index in [1.807, 2.05) is 12.1 Å². The highest BCUT2D eigenvalue weighted by molar-refractivity contribution is 8.02. The van der Waals surface area contributed by atoms with Gasteiger partial charge in [0.05, 0.1) is 0 Å². The van der Waals surface area contributed by atoms with Gasteiger partial charge in [-0.2, -0.15) is 0 Å². The number of carbonyl (C=O) groups is 1. The Morgan fingerprint density at radius 2 is 2.00 bits per heavy atom. The second kappa shape index (κ2) is 4.33. The van der Waals surface area contributed by atoms with Crippen LogP contribution in [0.15, 0.2) is 41.1 Å². The van der Waals surface area contributed by atoms with Gasteiger partial charge in [0.2, 0.25) is 0 Å². The molecule has 0 aliphatic carbocycles. The molecule has 0 amide bonds. The average molecular weight is 199 g/mol. The Bertz CT molecular complexity index is 292. The predicted octanol–water partition coefficient (Wildman–Crippen LogP) is 3.30. The number of rotatable bonds is 3. The summed E-state index contributed by atoms with van der Waals surface area (Å²) in [6.07, 6.45) is 0. The third kappa shape index (κ3) is 2.40. The Balaban J connectivity index is 2.85. The quantitative estimate of drug-likeness (QED) is 0.548. The van der Waals surface area contributed by atoms with Crippen molar-refractivity contribution in [3.63, 3.8) is 0 Å². The first-order valence-corrected chi connectivity index (χ1v) is 4.57. The largest absolute Gasteiger partial charge is 0.276 e. The lowest BCUT2D eigenvalue weighted by Gasteiger charge is -1.96. The molecule has 1 nitrogen and oxygen atoms in total. The van der Waals surface area contributed by atoms with Gasteiger partial charge < -0.3 is 0 Å². The zero-order chi connectivity index (χ0) is 8.97. The van der Waals surface area contributed by atoms with Crippen molar-refractivity contribution in [1.82, 2.24) is 0 Å². The van der Waals surface area contributed by atoms with Crippen molar-refractivity contribution >= 4 is 28.6 Å². The Kier molecular flexibility index (Phi) is 3.38. The second-order valence-corrected chi connectivity index (χ2v) is 3.47. The van der Waals surface area contributed by atoms with Crippen molar-refractivity contribution in [2.45, 2.75) is 4.90 Å². The van der Waals surface area contributed by atoms with E-state index < -0.39 is 5.24 Å². The summed E-state index contributed by atoms with van der Waals surface area (Å²) >= 11 is 6.77. The summed E-state index contributed by atoms with van der Waals surface area (Å²) in [6, 6.07) is 7.06. The number of benzene rings is 1. The summed E-state index contributed by atoms with van der Waals surface area (Å²) in [5, 5.41) is 1.31. The fourth-order valence-electron chi connectivity index (χ4n) is 0.761. The van der Waals surface area contributed by atoms with E-state index in [0.29, 0.717) is 5.56 Å². The van der Waals surface area contributed by atoms with Crippen molar-refractivity contribution in [2.24, 2.45) is 0 Å². The molecule has 0 aliphatic heterocycles. The maximum absolute atomic E-state index is 10.7. The molecular formula is C9H7ClOS. The molecule has 1 rings (SSSR count). The number of hydrogen-bond donors (Lipinski definition) is 0. The topological polar surface area (TPSA) is 17.1 Å². The zero-order valence-corrected chi connectivity index (χ0v) is 7.86. The van der Waals surface area contributed by atoms with E-state index in [4.69, 9.17) is 11.6 Å². The first-order chi connectivity index (χ1) is 5.74. The van der Waals surface area contributed by atoms with Crippen LogP contribution in [0.5, 0.6) is 0 Å². The minimum Gasteiger partial charge on any atom is -0.276 e. The molecule has 0 atom stereocenters. The molecule has 3 heteroatoms. The molecule has 0 aliphatic rings. The van der Waals surface area contributed by atoms with Crippen LogP contribution in [0, 0.1) is 0 Å². The molecule has 0 saturated heterocycles. The van der Waals surface area contributed by atoms with Gasteiger partial charge in [0, 0.05) is 10.5 Å². The molecule has 0 spiro atoms. The molecule has 12 heavy (non-hydrogen) atoms. The highest BCUT2D eigenvalue weighted by atomic mass is 35.5. The number of hydrogen-bond acceptors (Lipinski definition) is 2. The number of halogens is 1. The summed E-state index contributed by atoms with van der Waals surface area (Å²) in [6.45, 7) is 3.58. The van der Waals surface area contributed by atoms with Crippen molar-refractivity contribution in [1.29, 1.82) is 0 Å². The van der Waals surface area contributed by atoms with E-state index in [9.17, 15) is 4.79 Å². The molecule has 62 valence electrons. The van der Waals surface area contributed by atoms with Crippen LogP contribution >= 0.6 is 23.4 Å². The summed E-state index contributed by atoms with van der Waals surface area (Å²) in [4.78, 5) is 11.7. The lowest BCUT2D eigenvalue weighted by atomic mass is 10.2. The van der Waals surface area contributed by atoms with Crippen LogP contribution in [0.3, 0.4) is 0 Å². The highest BCUT2D eigenvalue weighted by Gasteiger charge is 1.99. The first-order valence-electron chi connectivity index (χ1n) is 3.31. The molecule has 0 unspecified atom stereocenters. The van der Waals surface area contributed by atoms with Gasteiger partial charge in [-0.15, -0.1) is 0 Å². The Hall–Kier alpha value is -0.730. The fourth-order valence-corrected chi connectivity index (χ4v) is 1.37. The molecule has 0 bridgehead atoms. The Morgan fingerprint density at radius 3 is 2.42 bits per heavy atom. The van der Waals surface area contributed by atoms with Crippen molar-refractivity contribution < 1.29 is 4.79 Å². The minimum atomic E-state index is -0.426. The maximum atomic E-state index is 10.7. The predicted molar refractivity (Wildman–Crippen MR) is 52.7 cm³/mol. The van der Waals surface area contributed by atoms with E-state index in [-0.39, 0.29) is 0 Å².